The van der Waals surface area contributed by atoms with Crippen molar-refractivity contribution in [1.82, 2.24) is 20.3 Å². The highest BCUT2D eigenvalue weighted by Crippen LogP contribution is 2.45. The van der Waals surface area contributed by atoms with E-state index in [1.54, 1.807) is 41.5 Å². The van der Waals surface area contributed by atoms with Crippen LogP contribution < -0.4 is 20.7 Å². The predicted octanol–water partition coefficient (Wildman–Crippen LogP) is 4.12. The van der Waals surface area contributed by atoms with Gasteiger partial charge in [0, 0.05) is 28.1 Å². The van der Waals surface area contributed by atoms with Gasteiger partial charge in [-0.3, -0.25) is 24.4 Å². The van der Waals surface area contributed by atoms with Gasteiger partial charge in [0.2, 0.25) is 21.8 Å². The van der Waals surface area contributed by atoms with E-state index in [2.05, 4.69) is 27.3 Å². The number of amides is 5. The maximum Gasteiger partial charge on any atom is 0.411 e. The normalized spacial score (nSPS) is 24.2. The number of ether oxygens (including phenoxy) is 2. The fraction of sp³-hybridized carbons (Fsp3) is 0.594. The molecular formula is C32H43Cl2N5O9S. The van der Waals surface area contributed by atoms with Crippen LogP contribution in [0.15, 0.2) is 30.9 Å². The molecule has 0 spiro atoms. The summed E-state index contributed by atoms with van der Waals surface area (Å²) in [5.41, 5.74) is -3.11. The molecule has 49 heavy (non-hydrogen) atoms. The summed E-state index contributed by atoms with van der Waals surface area (Å²) < 4.78 is 38.2. The Hall–Kier alpha value is -3.56. The average Bonchev–Trinajstić information content (AvgIpc) is 3.86. The summed E-state index contributed by atoms with van der Waals surface area (Å²) >= 11 is 12.1. The van der Waals surface area contributed by atoms with Gasteiger partial charge in [0.1, 0.15) is 29.3 Å². The molecule has 4 N–H and O–H groups in total. The summed E-state index contributed by atoms with van der Waals surface area (Å²) in [5.74, 6) is -2.93. The van der Waals surface area contributed by atoms with E-state index >= 15 is 0 Å². The highest BCUT2D eigenvalue weighted by atomic mass is 35.5. The molecule has 5 atom stereocenters. The van der Waals surface area contributed by atoms with Crippen LogP contribution in [0.3, 0.4) is 0 Å². The number of alkyl carbamates (subject to hydrolysis) is 1. The first-order valence-electron chi connectivity index (χ1n) is 15.8. The van der Waals surface area contributed by atoms with Crippen molar-refractivity contribution in [2.45, 2.75) is 102 Å². The highest BCUT2D eigenvalue weighted by Gasteiger charge is 2.62. The van der Waals surface area contributed by atoms with Crippen molar-refractivity contribution in [3.63, 3.8) is 0 Å². The number of hydrogen-bond acceptors (Lipinski definition) is 9. The number of nitrogens with zero attached hydrogens (tertiary/aromatic N) is 1. The summed E-state index contributed by atoms with van der Waals surface area (Å²) in [6, 6.07) is 1.90. The zero-order valence-corrected chi connectivity index (χ0v) is 30.6. The molecule has 1 aromatic carbocycles. The van der Waals surface area contributed by atoms with Gasteiger partial charge in [0.15, 0.2) is 0 Å². The van der Waals surface area contributed by atoms with Crippen LogP contribution in [-0.4, -0.2) is 84.3 Å². The number of hydrogen-bond donors (Lipinski definition) is 4. The Morgan fingerprint density at radius 1 is 1.02 bits per heavy atom. The smallest absolute Gasteiger partial charge is 0.411 e. The molecule has 0 bridgehead atoms. The molecule has 0 aromatic heterocycles. The van der Waals surface area contributed by atoms with Crippen molar-refractivity contribution in [3.05, 3.63) is 40.9 Å². The Kier molecular flexibility index (Phi) is 10.9. The van der Waals surface area contributed by atoms with Crippen LogP contribution in [0.4, 0.5) is 15.3 Å². The van der Waals surface area contributed by atoms with Gasteiger partial charge in [0.25, 0.3) is 5.91 Å². The van der Waals surface area contributed by atoms with Gasteiger partial charge in [-0.05, 0) is 63.6 Å². The number of carbonyl (C=O) groups is 5. The standard InChI is InChI=1S/C32H43Cl2N5O9S/c1-8-17-15-32(17,27(42)38-49(45,46)22-9-10-22)37-25(40)23-14-21(47-28(43)35-20-12-18(33)11-19(34)13-20)16-39(23)26(41)24(30(2,3)4)36-29(44)48-31(5,6)7/h8,11-13,17,21-24H,1,9-10,14-16H2,2-7H3,(H,35,43)(H,36,44)(H,37,40)(H,38,42). The van der Waals surface area contributed by atoms with Crippen LogP contribution in [0.2, 0.25) is 10.0 Å². The number of anilines is 1. The third kappa shape index (κ3) is 9.57. The van der Waals surface area contributed by atoms with E-state index in [0.717, 1.165) is 0 Å². The van der Waals surface area contributed by atoms with Crippen molar-refractivity contribution < 1.29 is 41.9 Å². The molecule has 5 amide bonds. The van der Waals surface area contributed by atoms with Gasteiger partial charge in [0.05, 0.1) is 11.8 Å². The van der Waals surface area contributed by atoms with Crippen LogP contribution in [0.1, 0.15) is 67.2 Å². The second kappa shape index (κ2) is 14.0. The monoisotopic (exact) mass is 743 g/mol. The van der Waals surface area contributed by atoms with Crippen molar-refractivity contribution in [2.24, 2.45) is 11.3 Å². The molecule has 5 unspecified atom stereocenters. The third-order valence-corrected chi connectivity index (χ3v) is 10.5. The molecule has 3 fully saturated rings. The summed E-state index contributed by atoms with van der Waals surface area (Å²) in [6.07, 6.45) is -0.564. The third-order valence-electron chi connectivity index (χ3n) is 8.25. The minimum atomic E-state index is -3.93. The minimum Gasteiger partial charge on any atom is -0.444 e. The number of halogens is 2. The lowest BCUT2D eigenvalue weighted by molar-refractivity contribution is -0.143. The molecule has 1 heterocycles. The summed E-state index contributed by atoms with van der Waals surface area (Å²) in [5, 5.41) is 7.66. The molecule has 2 aliphatic carbocycles. The van der Waals surface area contributed by atoms with E-state index in [0.29, 0.717) is 12.8 Å². The minimum absolute atomic E-state index is 0.0876. The Bertz CT molecular complexity index is 1620. The van der Waals surface area contributed by atoms with Crippen LogP contribution in [0.25, 0.3) is 0 Å². The maximum atomic E-state index is 14.2. The van der Waals surface area contributed by atoms with E-state index in [1.165, 1.54) is 29.2 Å². The van der Waals surface area contributed by atoms with Crippen molar-refractivity contribution in [2.75, 3.05) is 11.9 Å². The SMILES string of the molecule is C=CC1CC1(NC(=O)C1CC(OC(=O)Nc2cc(Cl)cc(Cl)c2)CN1C(=O)C(NC(=O)OC(C)(C)C)C(C)(C)C)C(=O)NS(=O)(=O)C1CC1. The first-order chi connectivity index (χ1) is 22.5. The second-order valence-corrected chi connectivity index (χ2v) is 17.5. The maximum absolute atomic E-state index is 14.2. The topological polar surface area (TPSA) is 189 Å². The van der Waals surface area contributed by atoms with Crippen molar-refractivity contribution in [3.8, 4) is 0 Å². The number of rotatable bonds is 10. The Balaban J connectivity index is 1.59. The van der Waals surface area contributed by atoms with Gasteiger partial charge >= 0.3 is 12.2 Å². The van der Waals surface area contributed by atoms with Gasteiger partial charge in [-0.15, -0.1) is 6.58 Å². The summed E-state index contributed by atoms with van der Waals surface area (Å²) in [7, 11) is -3.93. The predicted molar refractivity (Wildman–Crippen MR) is 182 cm³/mol. The molecular weight excluding hydrogens is 701 g/mol. The molecule has 1 saturated heterocycles. The lowest BCUT2D eigenvalue weighted by Gasteiger charge is -2.36. The van der Waals surface area contributed by atoms with E-state index in [1.807, 2.05) is 0 Å². The van der Waals surface area contributed by atoms with Gasteiger partial charge in [-0.2, -0.15) is 0 Å². The van der Waals surface area contributed by atoms with Crippen LogP contribution in [-0.2, 0) is 33.9 Å². The molecule has 2 saturated carbocycles. The second-order valence-electron chi connectivity index (χ2n) is 14.7. The largest absolute Gasteiger partial charge is 0.444 e. The zero-order chi connectivity index (χ0) is 36.7. The molecule has 1 aromatic rings. The van der Waals surface area contributed by atoms with Gasteiger partial charge in [-0.1, -0.05) is 50.0 Å². The molecule has 17 heteroatoms. The van der Waals surface area contributed by atoms with Crippen LogP contribution in [0.5, 0.6) is 0 Å². The van der Waals surface area contributed by atoms with E-state index < -0.39 is 85.8 Å². The average molecular weight is 745 g/mol. The van der Waals surface area contributed by atoms with Crippen molar-refractivity contribution >= 4 is 68.8 Å². The summed E-state index contributed by atoms with van der Waals surface area (Å²) in [4.78, 5) is 68.4. The van der Waals surface area contributed by atoms with Gasteiger partial charge < -0.3 is 25.0 Å². The quantitative estimate of drug-likeness (QED) is 0.256. The number of benzene rings is 1. The zero-order valence-electron chi connectivity index (χ0n) is 28.2. The Labute approximate surface area is 296 Å². The highest BCUT2D eigenvalue weighted by molar-refractivity contribution is 7.91. The van der Waals surface area contributed by atoms with Crippen molar-refractivity contribution in [1.29, 1.82) is 0 Å². The molecule has 3 aliphatic rings. The van der Waals surface area contributed by atoms with Gasteiger partial charge in [-0.25, -0.2) is 18.0 Å². The fourth-order valence-electron chi connectivity index (χ4n) is 5.56. The lowest BCUT2D eigenvalue weighted by atomic mass is 9.85. The van der Waals surface area contributed by atoms with E-state index in [-0.39, 0.29) is 35.1 Å². The molecule has 14 nitrogen and oxygen atoms in total. The lowest BCUT2D eigenvalue weighted by Crippen LogP contribution is -2.60. The number of carbonyl (C=O) groups excluding carboxylic acids is 5. The van der Waals surface area contributed by atoms with Crippen LogP contribution >= 0.6 is 23.2 Å². The number of sulfonamides is 1. The number of nitrogens with one attached hydrogen (secondary N) is 4. The molecule has 4 rings (SSSR count). The van der Waals surface area contributed by atoms with E-state index in [4.69, 9.17) is 32.7 Å². The Morgan fingerprint density at radius 2 is 1.63 bits per heavy atom. The summed E-state index contributed by atoms with van der Waals surface area (Å²) in [6.45, 7) is 13.6. The molecule has 270 valence electrons. The first-order valence-corrected chi connectivity index (χ1v) is 18.1. The fourth-order valence-corrected chi connectivity index (χ4v) is 7.45. The van der Waals surface area contributed by atoms with Crippen LogP contribution in [0, 0.1) is 11.3 Å². The van der Waals surface area contributed by atoms with E-state index in [9.17, 15) is 32.4 Å². The molecule has 1 aliphatic heterocycles. The number of likely N-dealkylation sites (tertiary alicyclic amines) is 1. The first kappa shape index (κ1) is 38.2. The molecule has 0 radical (unpaired) electrons. The Morgan fingerprint density at radius 3 is 2.14 bits per heavy atom.